The Hall–Kier alpha value is -4.97. The van der Waals surface area contributed by atoms with Crippen LogP contribution in [0, 0.1) is 5.92 Å². The molecule has 2 heterocycles. The van der Waals surface area contributed by atoms with Crippen LogP contribution in [0.1, 0.15) is 61.3 Å². The third-order valence-corrected chi connectivity index (χ3v) is 7.81. The fourth-order valence-corrected chi connectivity index (χ4v) is 5.21. The third kappa shape index (κ3) is 8.81. The summed E-state index contributed by atoms with van der Waals surface area (Å²) in [5, 5.41) is 8.26. The maximum Gasteiger partial charge on any atom is 0.272 e. The summed E-state index contributed by atoms with van der Waals surface area (Å²) in [7, 11) is 0. The third-order valence-electron chi connectivity index (χ3n) is 7.81. The number of aldehydes is 1. The molecule has 1 aliphatic heterocycles. The summed E-state index contributed by atoms with van der Waals surface area (Å²) in [6.07, 6.45) is 4.92. The number of hydrogen-bond donors (Lipinski definition) is 3. The second-order valence-corrected chi connectivity index (χ2v) is 11.5. The Morgan fingerprint density at radius 3 is 2.28 bits per heavy atom. The Morgan fingerprint density at radius 1 is 0.978 bits per heavy atom. The first kappa shape index (κ1) is 33.9. The van der Waals surface area contributed by atoms with Crippen LogP contribution in [-0.2, 0) is 30.5 Å². The molecule has 1 fully saturated rings. The second-order valence-electron chi connectivity index (χ2n) is 11.5. The lowest BCUT2D eigenvalue weighted by Gasteiger charge is -2.31. The quantitative estimate of drug-likeness (QED) is 0.230. The van der Waals surface area contributed by atoms with E-state index in [9.17, 15) is 24.0 Å². The van der Waals surface area contributed by atoms with Gasteiger partial charge in [-0.05, 0) is 23.5 Å². The van der Waals surface area contributed by atoms with Crippen molar-refractivity contribution in [3.05, 3.63) is 96.1 Å². The van der Waals surface area contributed by atoms with Crippen LogP contribution in [-0.4, -0.2) is 75.6 Å². The van der Waals surface area contributed by atoms with E-state index in [4.69, 9.17) is 4.74 Å². The van der Waals surface area contributed by atoms with Crippen LogP contribution in [0.25, 0.3) is 0 Å². The van der Waals surface area contributed by atoms with Gasteiger partial charge >= 0.3 is 0 Å². The van der Waals surface area contributed by atoms with Crippen molar-refractivity contribution in [3.8, 4) is 0 Å². The molecule has 3 aromatic rings. The van der Waals surface area contributed by atoms with Gasteiger partial charge in [-0.1, -0.05) is 81.4 Å². The number of ether oxygens (including phenoxy) is 1. The van der Waals surface area contributed by atoms with Crippen molar-refractivity contribution < 1.29 is 28.7 Å². The number of hydrogen-bond acceptors (Lipinski definition) is 8. The minimum absolute atomic E-state index is 0.0286. The van der Waals surface area contributed by atoms with Gasteiger partial charge in [-0.15, -0.1) is 0 Å². The van der Waals surface area contributed by atoms with Gasteiger partial charge in [0.1, 0.15) is 30.1 Å². The van der Waals surface area contributed by atoms with Crippen LogP contribution < -0.4 is 16.0 Å². The van der Waals surface area contributed by atoms with Crippen LogP contribution in [0.2, 0.25) is 0 Å². The average Bonchev–Trinajstić information content (AvgIpc) is 3.52. The second kappa shape index (κ2) is 16.4. The standard InChI is InChI=1S/C34H40N6O6/c1-4-25(20-41)37-32(43)28-17-26(46-21-23-11-7-5-8-12-23)19-40(28)34(45)29(22(2)3)38-33(44)30(24-13-9-6-10-14-24)39-31(42)27-18-35-15-16-36-27/h5-16,18,20,22,25-26,28-30H,4,17,19,21H2,1-3H3,(H,37,43)(H,38,44)(H,39,42)/t25-,26+,28-,29-,30-/m0/s1. The molecule has 2 aromatic carbocycles. The highest BCUT2D eigenvalue weighted by Crippen LogP contribution is 2.25. The zero-order valence-electron chi connectivity index (χ0n) is 26.2. The summed E-state index contributed by atoms with van der Waals surface area (Å²) < 4.78 is 6.12. The van der Waals surface area contributed by atoms with Gasteiger partial charge < -0.3 is 30.4 Å². The predicted molar refractivity (Wildman–Crippen MR) is 169 cm³/mol. The van der Waals surface area contributed by atoms with Crippen molar-refractivity contribution >= 4 is 29.9 Å². The number of carbonyl (C=O) groups excluding carboxylic acids is 5. The van der Waals surface area contributed by atoms with Gasteiger partial charge in [0.25, 0.3) is 5.91 Å². The monoisotopic (exact) mass is 628 g/mol. The topological polar surface area (TPSA) is 160 Å². The van der Waals surface area contributed by atoms with Crippen molar-refractivity contribution in [3.63, 3.8) is 0 Å². The molecule has 5 atom stereocenters. The number of carbonyl (C=O) groups is 5. The molecule has 0 radical (unpaired) electrons. The number of nitrogens with one attached hydrogen (secondary N) is 3. The number of aromatic nitrogens is 2. The van der Waals surface area contributed by atoms with Crippen molar-refractivity contribution in [1.82, 2.24) is 30.8 Å². The maximum atomic E-state index is 14.2. The summed E-state index contributed by atoms with van der Waals surface area (Å²) in [6, 6.07) is 14.4. The molecular weight excluding hydrogens is 588 g/mol. The molecule has 1 aliphatic rings. The Labute approximate surface area is 268 Å². The van der Waals surface area contributed by atoms with E-state index in [1.807, 2.05) is 30.3 Å². The van der Waals surface area contributed by atoms with E-state index in [-0.39, 0.29) is 24.6 Å². The zero-order chi connectivity index (χ0) is 33.1. The average molecular weight is 629 g/mol. The smallest absolute Gasteiger partial charge is 0.272 e. The van der Waals surface area contributed by atoms with E-state index in [0.717, 1.165) is 5.56 Å². The van der Waals surface area contributed by atoms with E-state index >= 15 is 0 Å². The van der Waals surface area contributed by atoms with Crippen LogP contribution in [0.5, 0.6) is 0 Å². The molecule has 0 spiro atoms. The molecule has 1 aromatic heterocycles. The lowest BCUT2D eigenvalue weighted by molar-refractivity contribution is -0.143. The Balaban J connectivity index is 1.55. The van der Waals surface area contributed by atoms with Crippen molar-refractivity contribution in [2.75, 3.05) is 6.54 Å². The molecule has 0 unspecified atom stereocenters. The van der Waals surface area contributed by atoms with Gasteiger partial charge in [-0.2, -0.15) is 0 Å². The molecule has 0 aliphatic carbocycles. The summed E-state index contributed by atoms with van der Waals surface area (Å²) in [6.45, 7) is 5.76. The minimum atomic E-state index is -1.15. The van der Waals surface area contributed by atoms with E-state index in [1.54, 1.807) is 51.1 Å². The first-order valence-electron chi connectivity index (χ1n) is 15.4. The highest BCUT2D eigenvalue weighted by Gasteiger charge is 2.44. The molecule has 3 N–H and O–H groups in total. The van der Waals surface area contributed by atoms with E-state index < -0.39 is 53.9 Å². The number of rotatable bonds is 14. The zero-order valence-corrected chi connectivity index (χ0v) is 26.2. The highest BCUT2D eigenvalue weighted by atomic mass is 16.5. The molecule has 0 bridgehead atoms. The molecule has 1 saturated heterocycles. The number of nitrogens with zero attached hydrogens (tertiary/aromatic N) is 3. The first-order valence-corrected chi connectivity index (χ1v) is 15.4. The van der Waals surface area contributed by atoms with Gasteiger partial charge in [-0.3, -0.25) is 24.2 Å². The normalized spacial score (nSPS) is 17.9. The Morgan fingerprint density at radius 2 is 1.67 bits per heavy atom. The SMILES string of the molecule is CC[C@@H](C=O)NC(=O)[C@@H]1C[C@@H](OCc2ccccc2)CN1C(=O)[C@@H](NC(=O)[C@@H](NC(=O)c1cnccn1)c1ccccc1)C(C)C. The maximum absolute atomic E-state index is 14.2. The first-order chi connectivity index (χ1) is 22.2. The van der Waals surface area contributed by atoms with E-state index in [2.05, 4.69) is 25.9 Å². The summed E-state index contributed by atoms with van der Waals surface area (Å²) in [4.78, 5) is 75.3. The highest BCUT2D eigenvalue weighted by molar-refractivity contribution is 5.98. The molecule has 46 heavy (non-hydrogen) atoms. The number of amides is 4. The van der Waals surface area contributed by atoms with Crippen LogP contribution in [0.15, 0.2) is 79.3 Å². The predicted octanol–water partition coefficient (Wildman–Crippen LogP) is 2.37. The molecule has 4 amide bonds. The summed E-state index contributed by atoms with van der Waals surface area (Å²) in [5.74, 6) is -2.54. The summed E-state index contributed by atoms with van der Waals surface area (Å²) in [5.41, 5.74) is 1.48. The van der Waals surface area contributed by atoms with Crippen LogP contribution >= 0.6 is 0 Å². The largest absolute Gasteiger partial charge is 0.372 e. The Bertz CT molecular complexity index is 1470. The molecule has 242 valence electrons. The van der Waals surface area contributed by atoms with Crippen molar-refractivity contribution in [2.24, 2.45) is 5.92 Å². The molecule has 12 nitrogen and oxygen atoms in total. The lowest BCUT2D eigenvalue weighted by atomic mass is 10.00. The lowest BCUT2D eigenvalue weighted by Crippen LogP contribution is -2.57. The molecule has 12 heteroatoms. The molecule has 0 saturated carbocycles. The van der Waals surface area contributed by atoms with E-state index in [1.165, 1.54) is 23.5 Å². The van der Waals surface area contributed by atoms with Gasteiger partial charge in [-0.25, -0.2) is 4.98 Å². The fourth-order valence-electron chi connectivity index (χ4n) is 5.21. The van der Waals surface area contributed by atoms with Gasteiger partial charge in [0.2, 0.25) is 17.7 Å². The van der Waals surface area contributed by atoms with Gasteiger partial charge in [0.05, 0.1) is 24.9 Å². The summed E-state index contributed by atoms with van der Waals surface area (Å²) >= 11 is 0. The molecule has 4 rings (SSSR count). The van der Waals surface area contributed by atoms with Gasteiger partial charge in [0.15, 0.2) is 0 Å². The van der Waals surface area contributed by atoms with Crippen LogP contribution in [0.4, 0.5) is 0 Å². The van der Waals surface area contributed by atoms with Crippen LogP contribution in [0.3, 0.4) is 0 Å². The minimum Gasteiger partial charge on any atom is -0.372 e. The van der Waals surface area contributed by atoms with E-state index in [0.29, 0.717) is 24.9 Å². The van der Waals surface area contributed by atoms with Crippen molar-refractivity contribution in [2.45, 2.75) is 70.5 Å². The molecular formula is C34H40N6O6. The van der Waals surface area contributed by atoms with Crippen molar-refractivity contribution in [1.29, 1.82) is 0 Å². The Kier molecular flexibility index (Phi) is 12.1. The van der Waals surface area contributed by atoms with Gasteiger partial charge in [0, 0.05) is 25.4 Å². The number of likely N-dealkylation sites (tertiary alicyclic amines) is 1. The fraction of sp³-hybridized carbons (Fsp3) is 0.382. The number of benzene rings is 2.